The molecule has 1 saturated heterocycles. The Morgan fingerprint density at radius 3 is 2.55 bits per heavy atom. The molecule has 5 rings (SSSR count). The molecule has 1 fully saturated rings. The number of hydrogen-bond donors (Lipinski definition) is 0. The molecular formula is C26H29ClN4. The molecule has 3 aromatic rings. The number of hydrogen-bond acceptors (Lipinski definition) is 4. The highest BCUT2D eigenvalue weighted by molar-refractivity contribution is 6.30. The van der Waals surface area contributed by atoms with Gasteiger partial charge in [-0.05, 0) is 48.2 Å². The summed E-state index contributed by atoms with van der Waals surface area (Å²) in [6.07, 6.45) is 4.10. The average Bonchev–Trinajstić information content (AvgIpc) is 2.96. The molecule has 2 aromatic carbocycles. The zero-order chi connectivity index (χ0) is 21.0. The normalized spacial score (nSPS) is 18.9. The third kappa shape index (κ3) is 4.70. The van der Waals surface area contributed by atoms with Gasteiger partial charge in [-0.15, -0.1) is 0 Å². The predicted molar refractivity (Wildman–Crippen MR) is 129 cm³/mol. The molecule has 31 heavy (non-hydrogen) atoms. The van der Waals surface area contributed by atoms with Crippen LogP contribution in [-0.2, 0) is 13.0 Å². The molecule has 0 N–H and O–H groups in total. The molecule has 2 aliphatic rings. The Kier molecular flexibility index (Phi) is 6.10. The predicted octanol–water partition coefficient (Wildman–Crippen LogP) is 4.88. The van der Waals surface area contributed by atoms with Crippen molar-refractivity contribution in [3.05, 3.63) is 89.1 Å². The number of benzene rings is 2. The molecule has 1 aromatic heterocycles. The highest BCUT2D eigenvalue weighted by Gasteiger charge is 2.33. The van der Waals surface area contributed by atoms with Gasteiger partial charge in [0.25, 0.3) is 0 Å². The fourth-order valence-corrected chi connectivity index (χ4v) is 4.99. The highest BCUT2D eigenvalue weighted by Crippen LogP contribution is 2.34. The second-order valence-corrected chi connectivity index (χ2v) is 9.00. The topological polar surface area (TPSA) is 22.6 Å². The van der Waals surface area contributed by atoms with E-state index in [0.717, 1.165) is 63.0 Å². The van der Waals surface area contributed by atoms with Crippen molar-refractivity contribution in [2.24, 2.45) is 0 Å². The lowest BCUT2D eigenvalue weighted by atomic mass is 10.1. The van der Waals surface area contributed by atoms with Gasteiger partial charge >= 0.3 is 0 Å². The van der Waals surface area contributed by atoms with Gasteiger partial charge in [0.05, 0.1) is 5.69 Å². The molecule has 1 unspecified atom stereocenters. The van der Waals surface area contributed by atoms with Crippen LogP contribution < -0.4 is 9.80 Å². The van der Waals surface area contributed by atoms with Gasteiger partial charge in [0, 0.05) is 56.5 Å². The quantitative estimate of drug-likeness (QED) is 0.573. The number of halogens is 1. The van der Waals surface area contributed by atoms with Crippen molar-refractivity contribution in [2.75, 3.05) is 42.5 Å². The van der Waals surface area contributed by atoms with E-state index in [1.54, 1.807) is 0 Å². The van der Waals surface area contributed by atoms with E-state index in [9.17, 15) is 0 Å². The Morgan fingerprint density at radius 1 is 0.871 bits per heavy atom. The van der Waals surface area contributed by atoms with Crippen LogP contribution in [0, 0.1) is 0 Å². The summed E-state index contributed by atoms with van der Waals surface area (Å²) in [5.41, 5.74) is 3.99. The summed E-state index contributed by atoms with van der Waals surface area (Å²) in [4.78, 5) is 12.5. The van der Waals surface area contributed by atoms with Crippen LogP contribution in [0.5, 0.6) is 0 Å². The second-order valence-electron chi connectivity index (χ2n) is 8.57. The number of nitrogens with zero attached hydrogens (tertiary/aromatic N) is 4. The Bertz CT molecular complexity index is 992. The highest BCUT2D eigenvalue weighted by atomic mass is 35.5. The fourth-order valence-electron chi connectivity index (χ4n) is 4.86. The standard InChI is InChI=1S/C26H29ClN4/c27-23-10-8-21(9-11-23)12-15-30-16-13-24-20-29(19-22-5-2-1-3-6-22)17-18-31(24)26-25(30)7-4-14-28-26/h1-11,14,24H,12-13,15-20H2. The first-order valence-electron chi connectivity index (χ1n) is 11.2. The van der Waals surface area contributed by atoms with Crippen LogP contribution in [0.1, 0.15) is 17.5 Å². The van der Waals surface area contributed by atoms with E-state index in [1.807, 2.05) is 18.3 Å². The third-order valence-corrected chi connectivity index (χ3v) is 6.76. The zero-order valence-corrected chi connectivity index (χ0v) is 18.6. The van der Waals surface area contributed by atoms with Crippen LogP contribution >= 0.6 is 11.6 Å². The van der Waals surface area contributed by atoms with E-state index in [1.165, 1.54) is 16.8 Å². The molecule has 0 bridgehead atoms. The second kappa shape index (κ2) is 9.29. The fraction of sp³-hybridized carbons (Fsp3) is 0.346. The molecule has 0 saturated carbocycles. The maximum atomic E-state index is 6.05. The Labute approximate surface area is 190 Å². The van der Waals surface area contributed by atoms with Crippen LogP contribution in [0.3, 0.4) is 0 Å². The number of piperazine rings is 1. The summed E-state index contributed by atoms with van der Waals surface area (Å²) in [5.74, 6) is 1.15. The summed E-state index contributed by atoms with van der Waals surface area (Å²) in [7, 11) is 0. The van der Waals surface area contributed by atoms with Crippen molar-refractivity contribution in [3.63, 3.8) is 0 Å². The van der Waals surface area contributed by atoms with Crippen molar-refractivity contribution in [2.45, 2.75) is 25.4 Å². The van der Waals surface area contributed by atoms with Gasteiger partial charge in [0.1, 0.15) is 0 Å². The molecule has 3 heterocycles. The molecule has 0 spiro atoms. The first-order valence-corrected chi connectivity index (χ1v) is 11.6. The summed E-state index contributed by atoms with van der Waals surface area (Å²) >= 11 is 6.05. The van der Waals surface area contributed by atoms with Crippen molar-refractivity contribution in [3.8, 4) is 0 Å². The first-order chi connectivity index (χ1) is 15.3. The number of anilines is 2. The van der Waals surface area contributed by atoms with Crippen LogP contribution in [0.2, 0.25) is 5.02 Å². The molecule has 2 aliphatic heterocycles. The number of rotatable bonds is 5. The van der Waals surface area contributed by atoms with Crippen LogP contribution in [0.25, 0.3) is 0 Å². The molecule has 5 heteroatoms. The maximum absolute atomic E-state index is 6.05. The van der Waals surface area contributed by atoms with Gasteiger partial charge in [0.2, 0.25) is 0 Å². The first kappa shape index (κ1) is 20.3. The molecule has 160 valence electrons. The number of pyridine rings is 1. The summed E-state index contributed by atoms with van der Waals surface area (Å²) < 4.78 is 0. The molecule has 0 aliphatic carbocycles. The molecule has 0 radical (unpaired) electrons. The minimum Gasteiger partial charge on any atom is -0.368 e. The lowest BCUT2D eigenvalue weighted by Crippen LogP contribution is -2.53. The minimum atomic E-state index is 0.506. The average molecular weight is 433 g/mol. The minimum absolute atomic E-state index is 0.506. The molecule has 4 nitrogen and oxygen atoms in total. The van der Waals surface area contributed by atoms with E-state index in [0.29, 0.717) is 6.04 Å². The zero-order valence-electron chi connectivity index (χ0n) is 17.8. The van der Waals surface area contributed by atoms with Crippen LogP contribution in [0.15, 0.2) is 72.9 Å². The Balaban J connectivity index is 1.30. The van der Waals surface area contributed by atoms with E-state index in [-0.39, 0.29) is 0 Å². The monoisotopic (exact) mass is 432 g/mol. The van der Waals surface area contributed by atoms with Gasteiger partial charge in [0.15, 0.2) is 5.82 Å². The van der Waals surface area contributed by atoms with Gasteiger partial charge in [-0.3, -0.25) is 4.90 Å². The maximum Gasteiger partial charge on any atom is 0.152 e. The molecule has 1 atom stereocenters. The summed E-state index contributed by atoms with van der Waals surface area (Å²) in [6, 6.07) is 23.9. The Hall–Kier alpha value is -2.56. The summed E-state index contributed by atoms with van der Waals surface area (Å²) in [5, 5.41) is 0.796. The summed E-state index contributed by atoms with van der Waals surface area (Å²) in [6.45, 7) is 6.29. The van der Waals surface area contributed by atoms with Gasteiger partial charge in [-0.25, -0.2) is 4.98 Å². The molecular weight excluding hydrogens is 404 g/mol. The molecule has 0 amide bonds. The van der Waals surface area contributed by atoms with Crippen molar-refractivity contribution in [1.82, 2.24) is 9.88 Å². The lowest BCUT2D eigenvalue weighted by molar-refractivity contribution is 0.211. The van der Waals surface area contributed by atoms with Crippen LogP contribution in [0.4, 0.5) is 11.5 Å². The van der Waals surface area contributed by atoms with Gasteiger partial charge in [-0.2, -0.15) is 0 Å². The van der Waals surface area contributed by atoms with Gasteiger partial charge < -0.3 is 9.80 Å². The lowest BCUT2D eigenvalue weighted by Gasteiger charge is -2.41. The van der Waals surface area contributed by atoms with E-state index < -0.39 is 0 Å². The smallest absolute Gasteiger partial charge is 0.152 e. The van der Waals surface area contributed by atoms with E-state index >= 15 is 0 Å². The number of fused-ring (bicyclic) bond motifs is 3. The van der Waals surface area contributed by atoms with E-state index in [2.05, 4.69) is 69.3 Å². The van der Waals surface area contributed by atoms with Crippen molar-refractivity contribution >= 4 is 23.1 Å². The van der Waals surface area contributed by atoms with E-state index in [4.69, 9.17) is 16.6 Å². The largest absolute Gasteiger partial charge is 0.368 e. The van der Waals surface area contributed by atoms with Crippen LogP contribution in [-0.4, -0.2) is 48.6 Å². The third-order valence-electron chi connectivity index (χ3n) is 6.51. The SMILES string of the molecule is Clc1ccc(CCN2CCC3CN(Cc4ccccc4)CCN3c3ncccc32)cc1. The van der Waals surface area contributed by atoms with Crippen molar-refractivity contribution < 1.29 is 0 Å². The Morgan fingerprint density at radius 2 is 1.71 bits per heavy atom. The number of aromatic nitrogens is 1. The van der Waals surface area contributed by atoms with Crippen molar-refractivity contribution in [1.29, 1.82) is 0 Å². The van der Waals surface area contributed by atoms with Gasteiger partial charge in [-0.1, -0.05) is 54.1 Å².